The van der Waals surface area contributed by atoms with Crippen molar-refractivity contribution in [1.82, 2.24) is 9.88 Å². The molecule has 116 valence electrons. The Kier molecular flexibility index (Phi) is 4.93. The molecule has 1 aromatic rings. The number of ether oxygens (including phenoxy) is 1. The Hall–Kier alpha value is -1.49. The van der Waals surface area contributed by atoms with Gasteiger partial charge in [0.2, 0.25) is 0 Å². The molecule has 6 heteroatoms. The summed E-state index contributed by atoms with van der Waals surface area (Å²) in [6.07, 6.45) is 5.03. The number of rotatable bonds is 2. The number of carbonyl (C=O) groups excluding carboxylic acids is 1. The second kappa shape index (κ2) is 6.52. The number of hydrogen-bond acceptors (Lipinski definition) is 4. The number of carbonyl (C=O) groups is 1. The third-order valence-corrected chi connectivity index (χ3v) is 3.53. The Morgan fingerprint density at radius 1 is 1.52 bits per heavy atom. The van der Waals surface area contributed by atoms with Crippen molar-refractivity contribution in [2.75, 3.05) is 18.4 Å². The van der Waals surface area contributed by atoms with Crippen LogP contribution in [0.2, 0.25) is 5.02 Å². The van der Waals surface area contributed by atoms with Gasteiger partial charge in [-0.25, -0.2) is 4.79 Å². The van der Waals surface area contributed by atoms with Gasteiger partial charge in [0, 0.05) is 25.3 Å². The van der Waals surface area contributed by atoms with Crippen molar-refractivity contribution in [2.45, 2.75) is 45.3 Å². The first-order valence-electron chi connectivity index (χ1n) is 7.19. The molecule has 1 aliphatic heterocycles. The van der Waals surface area contributed by atoms with Crippen molar-refractivity contribution in [3.8, 4) is 0 Å². The van der Waals surface area contributed by atoms with Crippen molar-refractivity contribution in [1.29, 1.82) is 0 Å². The predicted molar refractivity (Wildman–Crippen MR) is 83.7 cm³/mol. The molecule has 0 saturated carbocycles. The van der Waals surface area contributed by atoms with E-state index in [0.717, 1.165) is 25.1 Å². The quantitative estimate of drug-likeness (QED) is 0.907. The summed E-state index contributed by atoms with van der Waals surface area (Å²) < 4.78 is 5.42. The van der Waals surface area contributed by atoms with E-state index in [1.165, 1.54) is 0 Å². The maximum Gasteiger partial charge on any atom is 0.410 e. The van der Waals surface area contributed by atoms with Crippen LogP contribution in [0.3, 0.4) is 0 Å². The lowest BCUT2D eigenvalue weighted by Gasteiger charge is -2.34. The molecule has 0 bridgehead atoms. The number of likely N-dealkylation sites (tertiary alicyclic amines) is 1. The molecular formula is C15H22ClN3O2. The fraction of sp³-hybridized carbons (Fsp3) is 0.600. The smallest absolute Gasteiger partial charge is 0.410 e. The van der Waals surface area contributed by atoms with Crippen LogP contribution in [0.5, 0.6) is 0 Å². The van der Waals surface area contributed by atoms with Gasteiger partial charge in [0.15, 0.2) is 0 Å². The highest BCUT2D eigenvalue weighted by Crippen LogP contribution is 2.23. The molecule has 1 N–H and O–H groups in total. The molecule has 5 nitrogen and oxygen atoms in total. The normalized spacial score (nSPS) is 19.2. The highest BCUT2D eigenvalue weighted by molar-refractivity contribution is 6.33. The van der Waals surface area contributed by atoms with E-state index in [9.17, 15) is 4.79 Å². The molecule has 1 atom stereocenters. The summed E-state index contributed by atoms with van der Waals surface area (Å²) in [6.45, 7) is 6.97. The second-order valence-corrected chi connectivity index (χ2v) is 6.67. The number of anilines is 1. The minimum Gasteiger partial charge on any atom is -0.444 e. The van der Waals surface area contributed by atoms with Crippen molar-refractivity contribution in [3.63, 3.8) is 0 Å². The number of amides is 1. The zero-order valence-corrected chi connectivity index (χ0v) is 13.5. The van der Waals surface area contributed by atoms with Crippen LogP contribution in [0.25, 0.3) is 0 Å². The molecule has 1 saturated heterocycles. The Bertz CT molecular complexity index is 502. The van der Waals surface area contributed by atoms with E-state index in [1.54, 1.807) is 23.4 Å². The zero-order chi connectivity index (χ0) is 15.5. The van der Waals surface area contributed by atoms with E-state index < -0.39 is 5.60 Å². The first-order chi connectivity index (χ1) is 9.85. The second-order valence-electron chi connectivity index (χ2n) is 6.27. The van der Waals surface area contributed by atoms with Crippen molar-refractivity contribution in [3.05, 3.63) is 23.5 Å². The number of hydrogen-bond donors (Lipinski definition) is 1. The molecule has 0 spiro atoms. The van der Waals surface area contributed by atoms with Gasteiger partial charge in [0.25, 0.3) is 0 Å². The van der Waals surface area contributed by atoms with E-state index in [1.807, 2.05) is 20.8 Å². The van der Waals surface area contributed by atoms with Gasteiger partial charge in [-0.15, -0.1) is 0 Å². The molecule has 2 rings (SSSR count). The van der Waals surface area contributed by atoms with E-state index in [4.69, 9.17) is 16.3 Å². The van der Waals surface area contributed by atoms with E-state index in [-0.39, 0.29) is 12.1 Å². The van der Waals surface area contributed by atoms with Crippen LogP contribution >= 0.6 is 11.6 Å². The molecule has 0 aliphatic carbocycles. The van der Waals surface area contributed by atoms with E-state index in [0.29, 0.717) is 11.6 Å². The van der Waals surface area contributed by atoms with Crippen LogP contribution in [0, 0.1) is 0 Å². The van der Waals surface area contributed by atoms with Gasteiger partial charge in [0.1, 0.15) is 5.60 Å². The van der Waals surface area contributed by atoms with E-state index in [2.05, 4.69) is 10.3 Å². The average molecular weight is 312 g/mol. The summed E-state index contributed by atoms with van der Waals surface area (Å²) in [5.41, 5.74) is 0.333. The number of pyridine rings is 1. The fourth-order valence-electron chi connectivity index (χ4n) is 2.29. The Balaban J connectivity index is 1.95. The lowest BCUT2D eigenvalue weighted by atomic mass is 10.1. The van der Waals surface area contributed by atoms with Crippen LogP contribution in [0.4, 0.5) is 10.5 Å². The molecule has 21 heavy (non-hydrogen) atoms. The SMILES string of the molecule is CC(C)(C)OC(=O)N1CCCC(Nc2cnccc2Cl)C1. The lowest BCUT2D eigenvalue weighted by molar-refractivity contribution is 0.0206. The summed E-state index contributed by atoms with van der Waals surface area (Å²) in [5.74, 6) is 0. The molecule has 0 radical (unpaired) electrons. The van der Waals surface area contributed by atoms with Gasteiger partial charge in [-0.1, -0.05) is 11.6 Å². The first kappa shape index (κ1) is 15.9. The maximum atomic E-state index is 12.1. The van der Waals surface area contributed by atoms with Crippen LogP contribution in [0.1, 0.15) is 33.6 Å². The van der Waals surface area contributed by atoms with Gasteiger partial charge >= 0.3 is 6.09 Å². The summed E-state index contributed by atoms with van der Waals surface area (Å²) in [4.78, 5) is 17.9. The van der Waals surface area contributed by atoms with Gasteiger partial charge in [-0.3, -0.25) is 4.98 Å². The topological polar surface area (TPSA) is 54.5 Å². The lowest BCUT2D eigenvalue weighted by Crippen LogP contribution is -2.47. The average Bonchev–Trinajstić information content (AvgIpc) is 2.40. The number of halogens is 1. The van der Waals surface area contributed by atoms with E-state index >= 15 is 0 Å². The fourth-order valence-corrected chi connectivity index (χ4v) is 2.45. The number of aromatic nitrogens is 1. The molecule has 1 amide bonds. The zero-order valence-electron chi connectivity index (χ0n) is 12.7. The number of piperidine rings is 1. The third-order valence-electron chi connectivity index (χ3n) is 3.20. The highest BCUT2D eigenvalue weighted by atomic mass is 35.5. The van der Waals surface area contributed by atoms with Gasteiger partial charge in [-0.2, -0.15) is 0 Å². The molecule has 1 aromatic heterocycles. The van der Waals surface area contributed by atoms with Crippen LogP contribution in [-0.2, 0) is 4.74 Å². The Labute approximate surface area is 130 Å². The molecule has 0 aromatic carbocycles. The molecule has 2 heterocycles. The first-order valence-corrected chi connectivity index (χ1v) is 7.57. The molecule has 1 unspecified atom stereocenters. The summed E-state index contributed by atoms with van der Waals surface area (Å²) >= 11 is 6.12. The van der Waals surface area contributed by atoms with Crippen molar-refractivity contribution >= 4 is 23.4 Å². The summed E-state index contributed by atoms with van der Waals surface area (Å²) in [6, 6.07) is 1.91. The monoisotopic (exact) mass is 311 g/mol. The summed E-state index contributed by atoms with van der Waals surface area (Å²) in [7, 11) is 0. The largest absolute Gasteiger partial charge is 0.444 e. The Morgan fingerprint density at radius 3 is 2.95 bits per heavy atom. The number of nitrogens with one attached hydrogen (secondary N) is 1. The predicted octanol–water partition coefficient (Wildman–Crippen LogP) is 3.55. The van der Waals surface area contributed by atoms with Crippen LogP contribution in [0.15, 0.2) is 18.5 Å². The number of nitrogens with zero attached hydrogens (tertiary/aromatic N) is 2. The Morgan fingerprint density at radius 2 is 2.29 bits per heavy atom. The summed E-state index contributed by atoms with van der Waals surface area (Å²) in [5, 5.41) is 3.99. The molecule has 1 fully saturated rings. The highest BCUT2D eigenvalue weighted by Gasteiger charge is 2.27. The molecule has 1 aliphatic rings. The van der Waals surface area contributed by atoms with Crippen molar-refractivity contribution in [2.24, 2.45) is 0 Å². The molecular weight excluding hydrogens is 290 g/mol. The van der Waals surface area contributed by atoms with Crippen molar-refractivity contribution < 1.29 is 9.53 Å². The van der Waals surface area contributed by atoms with Gasteiger partial charge in [0.05, 0.1) is 16.9 Å². The minimum absolute atomic E-state index is 0.160. The standard InChI is InChI=1S/C15H22ClN3O2/c1-15(2,3)21-14(20)19-8-4-5-11(10-19)18-13-9-17-7-6-12(13)16/h6-7,9,11,18H,4-5,8,10H2,1-3H3. The third kappa shape index (κ3) is 4.77. The van der Waals surface area contributed by atoms with Crippen LogP contribution < -0.4 is 5.32 Å². The van der Waals surface area contributed by atoms with Gasteiger partial charge in [-0.05, 0) is 39.7 Å². The maximum absolute atomic E-state index is 12.1. The van der Waals surface area contributed by atoms with Gasteiger partial charge < -0.3 is 15.0 Å². The van der Waals surface area contributed by atoms with Crippen LogP contribution in [-0.4, -0.2) is 40.7 Å². The minimum atomic E-state index is -0.468.